The summed E-state index contributed by atoms with van der Waals surface area (Å²) in [6, 6.07) is 1.25. The van der Waals surface area contributed by atoms with Crippen molar-refractivity contribution in [1.29, 1.82) is 0 Å². The number of rotatable bonds is 2. The van der Waals surface area contributed by atoms with E-state index in [9.17, 15) is 9.18 Å². The Bertz CT molecular complexity index is 486. The SMILES string of the molecule is O=c1ccn([C@@H]2O[C@H](CO)CC2F)c(=S)[nH]1. The van der Waals surface area contributed by atoms with Gasteiger partial charge in [-0.15, -0.1) is 0 Å². The lowest BCUT2D eigenvalue weighted by molar-refractivity contribution is -0.0384. The third kappa shape index (κ3) is 2.06. The molecule has 0 spiro atoms. The van der Waals surface area contributed by atoms with E-state index in [1.165, 1.54) is 16.8 Å². The smallest absolute Gasteiger partial charge is 0.251 e. The van der Waals surface area contributed by atoms with Crippen LogP contribution in [0.1, 0.15) is 12.6 Å². The number of aliphatic hydroxyl groups excluding tert-OH is 1. The van der Waals surface area contributed by atoms with Crippen molar-refractivity contribution >= 4 is 12.2 Å². The molecule has 2 rings (SSSR count). The van der Waals surface area contributed by atoms with E-state index in [-0.39, 0.29) is 23.4 Å². The Balaban J connectivity index is 2.31. The van der Waals surface area contributed by atoms with Crippen LogP contribution in [-0.4, -0.2) is 33.5 Å². The first-order valence-corrected chi connectivity index (χ1v) is 5.24. The van der Waals surface area contributed by atoms with Gasteiger partial charge in [-0.2, -0.15) is 0 Å². The standard InChI is InChI=1S/C9H11FN2O3S/c10-6-3-5(4-13)15-8(6)12-2-1-7(14)11-9(12)16/h1-2,5-6,8,13H,3-4H2,(H,11,14,16)/t5-,6?,8+/m0/s1. The van der Waals surface area contributed by atoms with Gasteiger partial charge in [-0.25, -0.2) is 4.39 Å². The summed E-state index contributed by atoms with van der Waals surface area (Å²) < 4.78 is 20.3. The van der Waals surface area contributed by atoms with Crippen molar-refractivity contribution < 1.29 is 14.2 Å². The molecule has 2 heterocycles. The average Bonchev–Trinajstić information content (AvgIpc) is 2.60. The minimum absolute atomic E-state index is 0.110. The maximum atomic E-state index is 13.6. The Morgan fingerprint density at radius 3 is 3.06 bits per heavy atom. The molecule has 1 aliphatic heterocycles. The molecule has 1 fully saturated rings. The zero-order valence-electron chi connectivity index (χ0n) is 8.30. The van der Waals surface area contributed by atoms with Crippen LogP contribution in [0.3, 0.4) is 0 Å². The van der Waals surface area contributed by atoms with Gasteiger partial charge in [0, 0.05) is 18.7 Å². The lowest BCUT2D eigenvalue weighted by Gasteiger charge is -2.16. The lowest BCUT2D eigenvalue weighted by atomic mass is 10.2. The van der Waals surface area contributed by atoms with Crippen molar-refractivity contribution in [1.82, 2.24) is 9.55 Å². The molecule has 0 radical (unpaired) electrons. The third-order valence-electron chi connectivity index (χ3n) is 2.46. The normalized spacial score (nSPS) is 29.5. The first-order chi connectivity index (χ1) is 7.61. The van der Waals surface area contributed by atoms with Crippen molar-refractivity contribution in [3.8, 4) is 0 Å². The number of alkyl halides is 1. The Hall–Kier alpha value is -1.05. The van der Waals surface area contributed by atoms with Crippen LogP contribution in [0.2, 0.25) is 0 Å². The van der Waals surface area contributed by atoms with E-state index in [4.69, 9.17) is 22.1 Å². The number of aliphatic hydroxyl groups is 1. The fourth-order valence-electron chi connectivity index (χ4n) is 1.69. The van der Waals surface area contributed by atoms with Crippen LogP contribution in [-0.2, 0) is 4.74 Å². The number of ether oxygens (including phenoxy) is 1. The van der Waals surface area contributed by atoms with Gasteiger partial charge in [-0.1, -0.05) is 0 Å². The molecule has 16 heavy (non-hydrogen) atoms. The quantitative estimate of drug-likeness (QED) is 0.747. The highest BCUT2D eigenvalue weighted by Crippen LogP contribution is 2.30. The molecular formula is C9H11FN2O3S. The molecule has 0 amide bonds. The Kier molecular flexibility index (Phi) is 3.17. The fourth-order valence-corrected chi connectivity index (χ4v) is 1.96. The van der Waals surface area contributed by atoms with Crippen LogP contribution in [0, 0.1) is 4.77 Å². The minimum Gasteiger partial charge on any atom is -0.394 e. The van der Waals surface area contributed by atoms with Crippen molar-refractivity contribution in [2.45, 2.75) is 24.9 Å². The number of H-pyrrole nitrogens is 1. The van der Waals surface area contributed by atoms with E-state index >= 15 is 0 Å². The van der Waals surface area contributed by atoms with E-state index in [1.54, 1.807) is 0 Å². The second-order valence-electron chi connectivity index (χ2n) is 3.60. The van der Waals surface area contributed by atoms with Crippen LogP contribution in [0.25, 0.3) is 0 Å². The molecule has 3 atom stereocenters. The molecule has 1 aliphatic rings. The Labute approximate surface area is 95.5 Å². The lowest BCUT2D eigenvalue weighted by Crippen LogP contribution is -2.21. The van der Waals surface area contributed by atoms with E-state index in [0.717, 1.165) is 0 Å². The first kappa shape index (κ1) is 11.4. The molecule has 1 aromatic heterocycles. The molecule has 1 unspecified atom stereocenters. The van der Waals surface area contributed by atoms with Gasteiger partial charge in [-0.3, -0.25) is 14.3 Å². The number of halogens is 1. The molecule has 0 aromatic carbocycles. The highest BCUT2D eigenvalue weighted by atomic mass is 32.1. The average molecular weight is 246 g/mol. The number of aromatic nitrogens is 2. The number of hydrogen-bond donors (Lipinski definition) is 2. The summed E-state index contributed by atoms with van der Waals surface area (Å²) in [5.74, 6) is 0. The third-order valence-corrected chi connectivity index (χ3v) is 2.77. The number of nitrogens with one attached hydrogen (secondary N) is 1. The predicted molar refractivity (Wildman–Crippen MR) is 56.4 cm³/mol. The topological polar surface area (TPSA) is 67.2 Å². The molecule has 0 aliphatic carbocycles. The van der Waals surface area contributed by atoms with Crippen LogP contribution >= 0.6 is 12.2 Å². The summed E-state index contributed by atoms with van der Waals surface area (Å²) >= 11 is 4.90. The monoisotopic (exact) mass is 246 g/mol. The largest absolute Gasteiger partial charge is 0.394 e. The van der Waals surface area contributed by atoms with Gasteiger partial charge in [0.15, 0.2) is 11.0 Å². The zero-order chi connectivity index (χ0) is 11.7. The summed E-state index contributed by atoms with van der Waals surface area (Å²) in [6.45, 7) is -0.229. The van der Waals surface area contributed by atoms with Gasteiger partial charge in [0.25, 0.3) is 5.56 Å². The van der Waals surface area contributed by atoms with Crippen LogP contribution < -0.4 is 5.56 Å². The summed E-state index contributed by atoms with van der Waals surface area (Å²) in [5, 5.41) is 8.88. The summed E-state index contributed by atoms with van der Waals surface area (Å²) in [4.78, 5) is 13.3. The Morgan fingerprint density at radius 2 is 2.50 bits per heavy atom. The number of nitrogens with zero attached hydrogens (tertiary/aromatic N) is 1. The maximum Gasteiger partial charge on any atom is 0.251 e. The maximum absolute atomic E-state index is 13.6. The molecule has 0 bridgehead atoms. The van der Waals surface area contributed by atoms with Gasteiger partial charge < -0.3 is 9.84 Å². The molecule has 1 saturated heterocycles. The number of hydrogen-bond acceptors (Lipinski definition) is 4. The second kappa shape index (κ2) is 4.44. The molecule has 2 N–H and O–H groups in total. The van der Waals surface area contributed by atoms with Gasteiger partial charge in [0.1, 0.15) is 6.17 Å². The molecule has 0 saturated carbocycles. The molecule has 1 aromatic rings. The van der Waals surface area contributed by atoms with Crippen LogP contribution in [0.4, 0.5) is 4.39 Å². The van der Waals surface area contributed by atoms with E-state index in [2.05, 4.69) is 4.98 Å². The van der Waals surface area contributed by atoms with Crippen LogP contribution in [0.5, 0.6) is 0 Å². The van der Waals surface area contributed by atoms with Crippen LogP contribution in [0.15, 0.2) is 17.1 Å². The molecule has 7 heteroatoms. The molecule has 5 nitrogen and oxygen atoms in total. The fraction of sp³-hybridized carbons (Fsp3) is 0.556. The van der Waals surface area contributed by atoms with Crippen molar-refractivity contribution in [2.24, 2.45) is 0 Å². The van der Waals surface area contributed by atoms with Crippen molar-refractivity contribution in [3.63, 3.8) is 0 Å². The summed E-state index contributed by atoms with van der Waals surface area (Å²) in [5.41, 5.74) is -0.339. The minimum atomic E-state index is -1.24. The van der Waals surface area contributed by atoms with Gasteiger partial charge in [0.05, 0.1) is 12.7 Å². The summed E-state index contributed by atoms with van der Waals surface area (Å²) in [7, 11) is 0. The van der Waals surface area contributed by atoms with Gasteiger partial charge in [-0.05, 0) is 12.2 Å². The van der Waals surface area contributed by atoms with E-state index in [1.807, 2.05) is 0 Å². The van der Waals surface area contributed by atoms with E-state index < -0.39 is 18.5 Å². The Morgan fingerprint density at radius 1 is 1.75 bits per heavy atom. The zero-order valence-corrected chi connectivity index (χ0v) is 9.11. The first-order valence-electron chi connectivity index (χ1n) is 4.83. The highest BCUT2D eigenvalue weighted by Gasteiger charge is 2.36. The molecule has 88 valence electrons. The van der Waals surface area contributed by atoms with Crippen molar-refractivity contribution in [3.05, 3.63) is 27.4 Å². The molecular weight excluding hydrogens is 235 g/mol. The predicted octanol–water partition coefficient (Wildman–Crippen LogP) is 0.524. The number of aromatic amines is 1. The summed E-state index contributed by atoms with van der Waals surface area (Å²) in [6.07, 6.45) is -1.12. The van der Waals surface area contributed by atoms with E-state index in [0.29, 0.717) is 0 Å². The second-order valence-corrected chi connectivity index (χ2v) is 3.99. The van der Waals surface area contributed by atoms with Crippen molar-refractivity contribution in [2.75, 3.05) is 6.61 Å². The van der Waals surface area contributed by atoms with Gasteiger partial charge >= 0.3 is 0 Å². The van der Waals surface area contributed by atoms with Gasteiger partial charge in [0.2, 0.25) is 0 Å². The highest BCUT2D eigenvalue weighted by molar-refractivity contribution is 7.71.